The van der Waals surface area contributed by atoms with Gasteiger partial charge in [0.2, 0.25) is 0 Å². The third kappa shape index (κ3) is 3.95. The number of benzene rings is 1. The minimum Gasteiger partial charge on any atom is -0.334 e. The molecule has 0 bridgehead atoms. The lowest BCUT2D eigenvalue weighted by Gasteiger charge is -2.30. The Hall–Kier alpha value is -1.35. The van der Waals surface area contributed by atoms with E-state index in [1.165, 1.54) is 56.1 Å². The fourth-order valence-corrected chi connectivity index (χ4v) is 4.01. The van der Waals surface area contributed by atoms with Crippen molar-refractivity contribution in [1.29, 1.82) is 0 Å². The van der Waals surface area contributed by atoms with Crippen molar-refractivity contribution in [3.8, 4) is 0 Å². The molecular formula is C20H30N2O. The first-order chi connectivity index (χ1) is 11.1. The minimum absolute atomic E-state index is 0.243. The van der Waals surface area contributed by atoms with Crippen molar-refractivity contribution in [2.75, 3.05) is 27.2 Å². The van der Waals surface area contributed by atoms with Crippen molar-refractivity contribution in [2.24, 2.45) is 0 Å². The molecule has 3 heteroatoms. The molecule has 1 aromatic carbocycles. The lowest BCUT2D eigenvalue weighted by molar-refractivity contribution is 0.0667. The maximum absolute atomic E-state index is 13.1. The highest BCUT2D eigenvalue weighted by atomic mass is 16.2. The number of hydrogen-bond donors (Lipinski definition) is 0. The van der Waals surface area contributed by atoms with Crippen molar-refractivity contribution < 1.29 is 4.79 Å². The number of amides is 1. The van der Waals surface area contributed by atoms with Gasteiger partial charge in [0.15, 0.2) is 0 Å². The third-order valence-corrected chi connectivity index (χ3v) is 5.41. The monoisotopic (exact) mass is 314 g/mol. The molecule has 3 nitrogen and oxygen atoms in total. The lowest BCUT2D eigenvalue weighted by Crippen LogP contribution is -2.42. The predicted molar refractivity (Wildman–Crippen MR) is 94.9 cm³/mol. The highest BCUT2D eigenvalue weighted by Crippen LogP contribution is 2.27. The molecule has 1 saturated carbocycles. The summed E-state index contributed by atoms with van der Waals surface area (Å²) in [5.41, 5.74) is 3.76. The second-order valence-corrected chi connectivity index (χ2v) is 7.43. The summed E-state index contributed by atoms with van der Waals surface area (Å²) < 4.78 is 0. The Morgan fingerprint density at radius 3 is 2.39 bits per heavy atom. The molecule has 2 aliphatic carbocycles. The van der Waals surface area contributed by atoms with Gasteiger partial charge in [0.05, 0.1) is 0 Å². The van der Waals surface area contributed by atoms with Crippen LogP contribution in [-0.2, 0) is 12.8 Å². The maximum atomic E-state index is 13.1. The van der Waals surface area contributed by atoms with E-state index >= 15 is 0 Å². The lowest BCUT2D eigenvalue weighted by atomic mass is 9.90. The Morgan fingerprint density at radius 2 is 1.70 bits per heavy atom. The van der Waals surface area contributed by atoms with Gasteiger partial charge in [-0.2, -0.15) is 0 Å². The molecule has 0 spiro atoms. The molecule has 0 radical (unpaired) electrons. The van der Waals surface area contributed by atoms with E-state index in [0.29, 0.717) is 6.04 Å². The van der Waals surface area contributed by atoms with Crippen molar-refractivity contribution in [3.63, 3.8) is 0 Å². The smallest absolute Gasteiger partial charge is 0.254 e. The van der Waals surface area contributed by atoms with Gasteiger partial charge in [0.25, 0.3) is 5.91 Å². The summed E-state index contributed by atoms with van der Waals surface area (Å²) in [6.45, 7) is 1.78. The number of carbonyl (C=O) groups excluding carboxylic acids is 1. The number of likely N-dealkylation sites (N-methyl/N-ethyl adjacent to an activating group) is 1. The molecule has 0 N–H and O–H groups in total. The van der Waals surface area contributed by atoms with E-state index in [4.69, 9.17) is 0 Å². The van der Waals surface area contributed by atoms with Gasteiger partial charge in [-0.05, 0) is 75.9 Å². The standard InChI is InChI=1S/C20H30N2O/c1-21(2)13-14-22(19-9-5-6-10-19)20(23)18-12-11-16-7-3-4-8-17(16)15-18/h11-12,15,19H,3-10,13-14H2,1-2H3. The zero-order valence-electron chi connectivity index (χ0n) is 14.7. The van der Waals surface area contributed by atoms with Crippen LogP contribution in [0.25, 0.3) is 0 Å². The van der Waals surface area contributed by atoms with E-state index in [9.17, 15) is 4.79 Å². The summed E-state index contributed by atoms with van der Waals surface area (Å²) in [5.74, 6) is 0.243. The van der Waals surface area contributed by atoms with Crippen LogP contribution in [0.4, 0.5) is 0 Å². The largest absolute Gasteiger partial charge is 0.334 e. The average Bonchev–Trinajstić information content (AvgIpc) is 3.08. The van der Waals surface area contributed by atoms with Gasteiger partial charge in [-0.1, -0.05) is 18.9 Å². The number of aryl methyl sites for hydroxylation is 2. The zero-order chi connectivity index (χ0) is 16.2. The van der Waals surface area contributed by atoms with Crippen LogP contribution in [0, 0.1) is 0 Å². The van der Waals surface area contributed by atoms with E-state index < -0.39 is 0 Å². The average molecular weight is 314 g/mol. The number of nitrogens with zero attached hydrogens (tertiary/aromatic N) is 2. The fourth-order valence-electron chi connectivity index (χ4n) is 4.01. The first-order valence-corrected chi connectivity index (χ1v) is 9.22. The van der Waals surface area contributed by atoms with Gasteiger partial charge in [-0.15, -0.1) is 0 Å². The van der Waals surface area contributed by atoms with Crippen LogP contribution in [-0.4, -0.2) is 48.9 Å². The van der Waals surface area contributed by atoms with E-state index in [0.717, 1.165) is 25.1 Å². The highest BCUT2D eigenvalue weighted by molar-refractivity contribution is 5.94. The van der Waals surface area contributed by atoms with Gasteiger partial charge >= 0.3 is 0 Å². The van der Waals surface area contributed by atoms with E-state index in [2.05, 4.69) is 42.1 Å². The van der Waals surface area contributed by atoms with Crippen LogP contribution in [0.1, 0.15) is 60.0 Å². The number of carbonyl (C=O) groups is 1. The first kappa shape index (κ1) is 16.5. The Kier molecular flexibility index (Phi) is 5.37. The Balaban J connectivity index is 1.78. The van der Waals surface area contributed by atoms with Crippen LogP contribution in [0.5, 0.6) is 0 Å². The molecule has 126 valence electrons. The fraction of sp³-hybridized carbons (Fsp3) is 0.650. The Labute approximate surface area is 140 Å². The van der Waals surface area contributed by atoms with Crippen LogP contribution >= 0.6 is 0 Å². The van der Waals surface area contributed by atoms with E-state index in [1.54, 1.807) is 0 Å². The maximum Gasteiger partial charge on any atom is 0.254 e. The molecule has 0 heterocycles. The molecule has 3 rings (SSSR count). The molecule has 0 atom stereocenters. The molecule has 0 unspecified atom stereocenters. The van der Waals surface area contributed by atoms with Gasteiger partial charge in [0.1, 0.15) is 0 Å². The summed E-state index contributed by atoms with van der Waals surface area (Å²) in [6.07, 6.45) is 9.73. The molecular weight excluding hydrogens is 284 g/mol. The quantitative estimate of drug-likeness (QED) is 0.830. The molecule has 0 saturated heterocycles. The Morgan fingerprint density at radius 1 is 1.00 bits per heavy atom. The molecule has 1 aromatic rings. The molecule has 1 fully saturated rings. The second-order valence-electron chi connectivity index (χ2n) is 7.43. The number of rotatable bonds is 5. The molecule has 0 aromatic heterocycles. The topological polar surface area (TPSA) is 23.6 Å². The van der Waals surface area contributed by atoms with Crippen LogP contribution in [0.2, 0.25) is 0 Å². The summed E-state index contributed by atoms with van der Waals surface area (Å²) in [6, 6.07) is 6.87. The second kappa shape index (κ2) is 7.48. The predicted octanol–water partition coefficient (Wildman–Crippen LogP) is 3.51. The first-order valence-electron chi connectivity index (χ1n) is 9.22. The van der Waals surface area contributed by atoms with Gasteiger partial charge in [-0.3, -0.25) is 4.79 Å². The SMILES string of the molecule is CN(C)CCN(C(=O)c1ccc2c(c1)CCCC2)C1CCCC1. The summed E-state index contributed by atoms with van der Waals surface area (Å²) in [4.78, 5) is 17.5. The summed E-state index contributed by atoms with van der Waals surface area (Å²) >= 11 is 0. The number of hydrogen-bond acceptors (Lipinski definition) is 2. The van der Waals surface area contributed by atoms with Gasteiger partial charge in [-0.25, -0.2) is 0 Å². The number of fused-ring (bicyclic) bond motifs is 1. The van der Waals surface area contributed by atoms with Crippen LogP contribution in [0.3, 0.4) is 0 Å². The van der Waals surface area contributed by atoms with E-state index in [1.807, 2.05) is 0 Å². The molecule has 1 amide bonds. The third-order valence-electron chi connectivity index (χ3n) is 5.41. The van der Waals surface area contributed by atoms with Crippen LogP contribution in [0.15, 0.2) is 18.2 Å². The normalized spacial score (nSPS) is 18.2. The molecule has 0 aliphatic heterocycles. The van der Waals surface area contributed by atoms with E-state index in [-0.39, 0.29) is 5.91 Å². The minimum atomic E-state index is 0.243. The van der Waals surface area contributed by atoms with Crippen molar-refractivity contribution >= 4 is 5.91 Å². The van der Waals surface area contributed by atoms with Crippen molar-refractivity contribution in [1.82, 2.24) is 9.80 Å². The zero-order valence-corrected chi connectivity index (χ0v) is 14.7. The van der Waals surface area contributed by atoms with Crippen LogP contribution < -0.4 is 0 Å². The van der Waals surface area contributed by atoms with Crippen molar-refractivity contribution in [2.45, 2.75) is 57.4 Å². The van der Waals surface area contributed by atoms with Gasteiger partial charge < -0.3 is 9.80 Å². The highest BCUT2D eigenvalue weighted by Gasteiger charge is 2.27. The van der Waals surface area contributed by atoms with Gasteiger partial charge in [0, 0.05) is 24.7 Å². The van der Waals surface area contributed by atoms with Crippen molar-refractivity contribution in [3.05, 3.63) is 34.9 Å². The summed E-state index contributed by atoms with van der Waals surface area (Å²) in [5, 5.41) is 0. The molecule has 2 aliphatic rings. The Bertz CT molecular complexity index is 547. The summed E-state index contributed by atoms with van der Waals surface area (Å²) in [7, 11) is 4.16. The molecule has 23 heavy (non-hydrogen) atoms.